The lowest BCUT2D eigenvalue weighted by atomic mass is 9.99. The molecule has 0 fully saturated rings. The predicted molar refractivity (Wildman–Crippen MR) is 79.4 cm³/mol. The van der Waals surface area contributed by atoms with Crippen LogP contribution in [0, 0.1) is 0 Å². The van der Waals surface area contributed by atoms with Gasteiger partial charge in [0.2, 0.25) is 6.79 Å². The molecule has 1 unspecified atom stereocenters. The van der Waals surface area contributed by atoms with Crippen molar-refractivity contribution in [3.05, 3.63) is 58.6 Å². The Morgan fingerprint density at radius 2 is 1.85 bits per heavy atom. The Kier molecular flexibility index (Phi) is 3.81. The van der Waals surface area contributed by atoms with Crippen molar-refractivity contribution in [2.75, 3.05) is 6.79 Å². The third-order valence-electron chi connectivity index (χ3n) is 3.37. The Morgan fingerprint density at radius 3 is 2.70 bits per heavy atom. The fourth-order valence-electron chi connectivity index (χ4n) is 2.39. The van der Waals surface area contributed by atoms with E-state index in [4.69, 9.17) is 26.8 Å². The molecule has 0 saturated carbocycles. The number of ether oxygens (including phenoxy) is 2. The SMILES string of the molecule is NC(Cc1ccc2c(c1)OCO2)Cc1ccccc1Cl. The van der Waals surface area contributed by atoms with Gasteiger partial charge in [0.05, 0.1) is 0 Å². The van der Waals surface area contributed by atoms with Crippen molar-refractivity contribution in [1.82, 2.24) is 0 Å². The number of hydrogen-bond donors (Lipinski definition) is 1. The first-order valence-corrected chi connectivity index (χ1v) is 6.97. The molecule has 0 amide bonds. The van der Waals surface area contributed by atoms with Gasteiger partial charge in [-0.1, -0.05) is 35.9 Å². The van der Waals surface area contributed by atoms with Crippen molar-refractivity contribution in [2.45, 2.75) is 18.9 Å². The van der Waals surface area contributed by atoms with Crippen LogP contribution in [0.15, 0.2) is 42.5 Å². The second kappa shape index (κ2) is 5.73. The summed E-state index contributed by atoms with van der Waals surface area (Å²) < 4.78 is 10.7. The second-order valence-electron chi connectivity index (χ2n) is 4.95. The van der Waals surface area contributed by atoms with Crippen LogP contribution in [0.1, 0.15) is 11.1 Å². The molecule has 1 heterocycles. The van der Waals surface area contributed by atoms with Crippen LogP contribution in [-0.2, 0) is 12.8 Å². The van der Waals surface area contributed by atoms with E-state index in [1.54, 1.807) is 0 Å². The van der Waals surface area contributed by atoms with E-state index in [1.807, 2.05) is 42.5 Å². The minimum Gasteiger partial charge on any atom is -0.454 e. The molecule has 0 radical (unpaired) electrons. The summed E-state index contributed by atoms with van der Waals surface area (Å²) in [5.41, 5.74) is 8.45. The van der Waals surface area contributed by atoms with Crippen molar-refractivity contribution < 1.29 is 9.47 Å². The van der Waals surface area contributed by atoms with Crippen molar-refractivity contribution >= 4 is 11.6 Å². The van der Waals surface area contributed by atoms with Crippen molar-refractivity contribution in [3.63, 3.8) is 0 Å². The van der Waals surface area contributed by atoms with E-state index in [0.717, 1.165) is 40.5 Å². The normalized spacial score (nSPS) is 14.3. The van der Waals surface area contributed by atoms with Crippen molar-refractivity contribution in [1.29, 1.82) is 0 Å². The minimum absolute atomic E-state index is 0.0234. The van der Waals surface area contributed by atoms with Gasteiger partial charge in [0.25, 0.3) is 0 Å². The van der Waals surface area contributed by atoms with Crippen LogP contribution in [0.4, 0.5) is 0 Å². The molecular weight excluding hydrogens is 274 g/mol. The molecule has 0 saturated heterocycles. The van der Waals surface area contributed by atoms with Gasteiger partial charge in [-0.25, -0.2) is 0 Å². The van der Waals surface area contributed by atoms with Gasteiger partial charge in [-0.2, -0.15) is 0 Å². The van der Waals surface area contributed by atoms with Crippen molar-refractivity contribution in [2.24, 2.45) is 5.73 Å². The van der Waals surface area contributed by atoms with E-state index in [-0.39, 0.29) is 6.04 Å². The molecule has 1 aliphatic heterocycles. The average molecular weight is 290 g/mol. The van der Waals surface area contributed by atoms with Gasteiger partial charge in [-0.3, -0.25) is 0 Å². The fraction of sp³-hybridized carbons (Fsp3) is 0.250. The maximum atomic E-state index is 6.22. The Morgan fingerprint density at radius 1 is 1.05 bits per heavy atom. The molecule has 4 heteroatoms. The Bertz CT molecular complexity index is 615. The van der Waals surface area contributed by atoms with E-state index in [2.05, 4.69) is 0 Å². The lowest BCUT2D eigenvalue weighted by Gasteiger charge is -2.13. The Hall–Kier alpha value is -1.71. The summed E-state index contributed by atoms with van der Waals surface area (Å²) in [5, 5.41) is 0.772. The molecule has 1 atom stereocenters. The molecule has 0 aliphatic carbocycles. The largest absolute Gasteiger partial charge is 0.454 e. The van der Waals surface area contributed by atoms with Crippen LogP contribution in [0.3, 0.4) is 0 Å². The van der Waals surface area contributed by atoms with E-state index < -0.39 is 0 Å². The first-order valence-electron chi connectivity index (χ1n) is 6.60. The smallest absolute Gasteiger partial charge is 0.231 e. The van der Waals surface area contributed by atoms with E-state index >= 15 is 0 Å². The number of hydrogen-bond acceptors (Lipinski definition) is 3. The zero-order chi connectivity index (χ0) is 13.9. The van der Waals surface area contributed by atoms with E-state index in [1.165, 1.54) is 0 Å². The molecule has 2 aromatic carbocycles. The van der Waals surface area contributed by atoms with Gasteiger partial charge in [-0.15, -0.1) is 0 Å². The number of benzene rings is 2. The summed E-state index contributed by atoms with van der Waals surface area (Å²) in [6.45, 7) is 0.296. The molecule has 3 nitrogen and oxygen atoms in total. The van der Waals surface area contributed by atoms with Gasteiger partial charge in [0.1, 0.15) is 0 Å². The number of fused-ring (bicyclic) bond motifs is 1. The summed E-state index contributed by atoms with van der Waals surface area (Å²) >= 11 is 6.16. The highest BCUT2D eigenvalue weighted by Gasteiger charge is 2.15. The van der Waals surface area contributed by atoms with Gasteiger partial charge in [0.15, 0.2) is 11.5 Å². The molecule has 1 aliphatic rings. The van der Waals surface area contributed by atoms with Crippen LogP contribution < -0.4 is 15.2 Å². The zero-order valence-electron chi connectivity index (χ0n) is 11.0. The number of rotatable bonds is 4. The Balaban J connectivity index is 1.67. The quantitative estimate of drug-likeness (QED) is 0.940. The van der Waals surface area contributed by atoms with Crippen LogP contribution in [0.2, 0.25) is 5.02 Å². The van der Waals surface area contributed by atoms with Gasteiger partial charge >= 0.3 is 0 Å². The zero-order valence-corrected chi connectivity index (χ0v) is 11.8. The highest BCUT2D eigenvalue weighted by atomic mass is 35.5. The molecule has 0 bridgehead atoms. The van der Waals surface area contributed by atoms with Crippen LogP contribution in [0.5, 0.6) is 11.5 Å². The topological polar surface area (TPSA) is 44.5 Å². The van der Waals surface area contributed by atoms with Gasteiger partial charge in [-0.05, 0) is 42.2 Å². The van der Waals surface area contributed by atoms with E-state index in [9.17, 15) is 0 Å². The molecule has 0 spiro atoms. The lowest BCUT2D eigenvalue weighted by molar-refractivity contribution is 0.174. The molecule has 104 valence electrons. The molecule has 0 aromatic heterocycles. The van der Waals surface area contributed by atoms with Crippen molar-refractivity contribution in [3.8, 4) is 11.5 Å². The molecular formula is C16H16ClNO2. The highest BCUT2D eigenvalue weighted by Crippen LogP contribution is 2.32. The molecule has 2 aromatic rings. The highest BCUT2D eigenvalue weighted by molar-refractivity contribution is 6.31. The van der Waals surface area contributed by atoms with Crippen LogP contribution in [-0.4, -0.2) is 12.8 Å². The molecule has 2 N–H and O–H groups in total. The monoisotopic (exact) mass is 289 g/mol. The average Bonchev–Trinajstić information content (AvgIpc) is 2.89. The second-order valence-corrected chi connectivity index (χ2v) is 5.35. The van der Waals surface area contributed by atoms with Gasteiger partial charge in [0, 0.05) is 11.1 Å². The third kappa shape index (κ3) is 2.89. The fourth-order valence-corrected chi connectivity index (χ4v) is 2.60. The van der Waals surface area contributed by atoms with Gasteiger partial charge < -0.3 is 15.2 Å². The predicted octanol–water partition coefficient (Wildman–Crippen LogP) is 3.18. The Labute approximate surface area is 123 Å². The summed E-state index contributed by atoms with van der Waals surface area (Å²) in [7, 11) is 0. The molecule has 3 rings (SSSR count). The minimum atomic E-state index is 0.0234. The van der Waals surface area contributed by atoms with E-state index in [0.29, 0.717) is 6.79 Å². The first kappa shape index (κ1) is 13.3. The summed E-state index contributed by atoms with van der Waals surface area (Å²) in [6.07, 6.45) is 1.54. The van der Waals surface area contributed by atoms with Crippen LogP contribution in [0.25, 0.3) is 0 Å². The summed E-state index contributed by atoms with van der Waals surface area (Å²) in [4.78, 5) is 0. The third-order valence-corrected chi connectivity index (χ3v) is 3.74. The standard InChI is InChI=1S/C16H16ClNO2/c17-14-4-2-1-3-12(14)9-13(18)7-11-5-6-15-16(8-11)20-10-19-15/h1-6,8,13H,7,9-10,18H2. The summed E-state index contributed by atoms with van der Waals surface area (Å²) in [6, 6.07) is 13.8. The maximum absolute atomic E-state index is 6.22. The number of nitrogens with two attached hydrogens (primary N) is 1. The van der Waals surface area contributed by atoms with Crippen LogP contribution >= 0.6 is 11.6 Å². The lowest BCUT2D eigenvalue weighted by Crippen LogP contribution is -2.25. The molecule has 20 heavy (non-hydrogen) atoms. The summed E-state index contributed by atoms with van der Waals surface area (Å²) in [5.74, 6) is 1.60. The maximum Gasteiger partial charge on any atom is 0.231 e. The first-order chi connectivity index (χ1) is 9.72. The number of halogens is 1.